The zero-order valence-corrected chi connectivity index (χ0v) is 11.2. The van der Waals surface area contributed by atoms with Crippen molar-refractivity contribution in [1.82, 2.24) is 0 Å². The van der Waals surface area contributed by atoms with E-state index in [1.165, 1.54) is 0 Å². The topological polar surface area (TPSA) is 50.7 Å². The number of benzene rings is 1. The van der Waals surface area contributed by atoms with Crippen molar-refractivity contribution in [3.8, 4) is 0 Å². The van der Waals surface area contributed by atoms with Crippen LogP contribution in [0.2, 0.25) is 5.02 Å². The van der Waals surface area contributed by atoms with Gasteiger partial charge in [-0.25, -0.2) is 0 Å². The maximum Gasteiger partial charge on any atom is 0.0747 e. The molecule has 0 amide bonds. The van der Waals surface area contributed by atoms with Crippen LogP contribution in [0.15, 0.2) is 18.2 Å². The molecule has 0 bridgehead atoms. The zero-order valence-electron chi connectivity index (χ0n) is 10.4. The average molecular weight is 272 g/mol. The predicted octanol–water partition coefficient (Wildman–Crippen LogP) is 1.91. The molecule has 0 spiro atoms. The lowest BCUT2D eigenvalue weighted by atomic mass is 9.87. The monoisotopic (exact) mass is 271 g/mol. The van der Waals surface area contributed by atoms with Gasteiger partial charge >= 0.3 is 0 Å². The molecule has 1 aromatic rings. The van der Waals surface area contributed by atoms with Crippen molar-refractivity contribution in [1.29, 1.82) is 0 Å². The third kappa shape index (κ3) is 2.78. The zero-order chi connectivity index (χ0) is 13.0. The summed E-state index contributed by atoms with van der Waals surface area (Å²) in [6, 6.07) is 5.70. The molecule has 2 rings (SSSR count). The number of anilines is 1. The fourth-order valence-electron chi connectivity index (χ4n) is 1.94. The number of methoxy groups -OCH3 is 1. The summed E-state index contributed by atoms with van der Waals surface area (Å²) in [6.07, 6.45) is 0. The normalized spacial score (nSPS) is 17.3. The van der Waals surface area contributed by atoms with E-state index in [1.807, 2.05) is 18.2 Å². The van der Waals surface area contributed by atoms with E-state index < -0.39 is 0 Å². The highest BCUT2D eigenvalue weighted by atomic mass is 35.5. The van der Waals surface area contributed by atoms with Crippen LogP contribution in [0.25, 0.3) is 0 Å². The van der Waals surface area contributed by atoms with Crippen LogP contribution < -0.4 is 5.32 Å². The van der Waals surface area contributed by atoms with Gasteiger partial charge in [0.25, 0.3) is 0 Å². The predicted molar refractivity (Wildman–Crippen MR) is 71.0 cm³/mol. The minimum atomic E-state index is -0.160. The molecule has 5 heteroatoms. The molecule has 1 aliphatic heterocycles. The first-order valence-corrected chi connectivity index (χ1v) is 6.27. The minimum absolute atomic E-state index is 0.125. The van der Waals surface area contributed by atoms with Crippen LogP contribution in [0.4, 0.5) is 5.69 Å². The van der Waals surface area contributed by atoms with E-state index in [-0.39, 0.29) is 12.0 Å². The molecular weight excluding hydrogens is 254 g/mol. The molecule has 100 valence electrons. The maximum atomic E-state index is 9.37. The van der Waals surface area contributed by atoms with Gasteiger partial charge in [0.15, 0.2) is 0 Å². The van der Waals surface area contributed by atoms with Gasteiger partial charge in [-0.2, -0.15) is 0 Å². The minimum Gasteiger partial charge on any atom is -0.396 e. The molecule has 4 nitrogen and oxygen atoms in total. The van der Waals surface area contributed by atoms with Crippen LogP contribution >= 0.6 is 11.6 Å². The number of halogens is 1. The van der Waals surface area contributed by atoms with Gasteiger partial charge in [-0.15, -0.1) is 0 Å². The van der Waals surface area contributed by atoms with Crippen molar-refractivity contribution >= 4 is 17.3 Å². The first kappa shape index (κ1) is 13.6. The lowest BCUT2D eigenvalue weighted by Crippen LogP contribution is -2.50. The van der Waals surface area contributed by atoms with Crippen LogP contribution in [-0.2, 0) is 16.1 Å². The summed E-state index contributed by atoms with van der Waals surface area (Å²) < 4.78 is 10.3. The molecule has 0 unspecified atom stereocenters. The Morgan fingerprint density at radius 3 is 2.83 bits per heavy atom. The van der Waals surface area contributed by atoms with Gasteiger partial charge in [0.1, 0.15) is 0 Å². The third-order valence-electron chi connectivity index (χ3n) is 3.21. The molecule has 0 atom stereocenters. The molecule has 0 aliphatic carbocycles. The van der Waals surface area contributed by atoms with Gasteiger partial charge in [-0.05, 0) is 12.1 Å². The Balaban J connectivity index is 2.06. The van der Waals surface area contributed by atoms with E-state index in [2.05, 4.69) is 5.32 Å². The summed E-state index contributed by atoms with van der Waals surface area (Å²) in [5.41, 5.74) is 1.73. The molecule has 1 saturated heterocycles. The van der Waals surface area contributed by atoms with Crippen molar-refractivity contribution < 1.29 is 14.6 Å². The molecule has 0 aromatic heterocycles. The molecule has 1 aliphatic rings. The van der Waals surface area contributed by atoms with Crippen molar-refractivity contribution in [2.75, 3.05) is 38.8 Å². The number of aliphatic hydroxyl groups excluding tert-OH is 1. The van der Waals surface area contributed by atoms with Crippen LogP contribution in [-0.4, -0.2) is 38.6 Å². The lowest BCUT2D eigenvalue weighted by molar-refractivity contribution is -0.128. The van der Waals surface area contributed by atoms with E-state index in [0.717, 1.165) is 11.3 Å². The highest BCUT2D eigenvalue weighted by Crippen LogP contribution is 2.30. The van der Waals surface area contributed by atoms with Gasteiger partial charge in [0.05, 0.1) is 31.8 Å². The highest BCUT2D eigenvalue weighted by Gasteiger charge is 2.37. The van der Waals surface area contributed by atoms with E-state index >= 15 is 0 Å². The summed E-state index contributed by atoms with van der Waals surface area (Å²) in [5.74, 6) is 0. The van der Waals surface area contributed by atoms with Gasteiger partial charge in [-0.3, -0.25) is 0 Å². The second kappa shape index (κ2) is 5.89. The maximum absolute atomic E-state index is 9.37. The smallest absolute Gasteiger partial charge is 0.0747 e. The standard InChI is InChI=1S/C13H18ClNO3/c1-17-5-10-11(14)3-2-4-12(10)15-6-13(7-16)8-18-9-13/h2-4,15-16H,5-9H2,1H3. The molecule has 18 heavy (non-hydrogen) atoms. The van der Waals surface area contributed by atoms with Crippen molar-refractivity contribution in [3.63, 3.8) is 0 Å². The Morgan fingerprint density at radius 1 is 1.50 bits per heavy atom. The summed E-state index contributed by atoms with van der Waals surface area (Å²) in [6.45, 7) is 2.44. The van der Waals surface area contributed by atoms with Crippen LogP contribution in [0.3, 0.4) is 0 Å². The molecule has 1 fully saturated rings. The van der Waals surface area contributed by atoms with E-state index in [0.29, 0.717) is 31.4 Å². The largest absolute Gasteiger partial charge is 0.396 e. The summed E-state index contributed by atoms with van der Waals surface area (Å²) in [7, 11) is 1.64. The Kier molecular flexibility index (Phi) is 4.45. The number of hydrogen-bond donors (Lipinski definition) is 2. The quantitative estimate of drug-likeness (QED) is 0.830. The summed E-state index contributed by atoms with van der Waals surface area (Å²) in [5, 5.41) is 13.4. The van der Waals surface area contributed by atoms with Gasteiger partial charge in [-0.1, -0.05) is 17.7 Å². The van der Waals surface area contributed by atoms with Crippen LogP contribution in [0.1, 0.15) is 5.56 Å². The Hall–Kier alpha value is -0.810. The Labute approximate surface area is 112 Å². The molecule has 2 N–H and O–H groups in total. The summed E-state index contributed by atoms with van der Waals surface area (Å²) >= 11 is 6.15. The van der Waals surface area contributed by atoms with Gasteiger partial charge in [0.2, 0.25) is 0 Å². The second-order valence-corrected chi connectivity index (χ2v) is 5.11. The fourth-order valence-corrected chi connectivity index (χ4v) is 2.17. The number of aliphatic hydroxyl groups is 1. The second-order valence-electron chi connectivity index (χ2n) is 4.70. The average Bonchev–Trinajstić information content (AvgIpc) is 2.32. The fraction of sp³-hybridized carbons (Fsp3) is 0.538. The molecule has 1 aromatic carbocycles. The highest BCUT2D eigenvalue weighted by molar-refractivity contribution is 6.31. The number of ether oxygens (including phenoxy) is 2. The molecule has 0 saturated carbocycles. The van der Waals surface area contributed by atoms with E-state index in [4.69, 9.17) is 21.1 Å². The number of rotatable bonds is 6. The molecule has 1 heterocycles. The van der Waals surface area contributed by atoms with Crippen molar-refractivity contribution in [2.24, 2.45) is 5.41 Å². The van der Waals surface area contributed by atoms with E-state index in [1.54, 1.807) is 7.11 Å². The number of nitrogens with one attached hydrogen (secondary N) is 1. The third-order valence-corrected chi connectivity index (χ3v) is 3.57. The first-order chi connectivity index (χ1) is 8.71. The summed E-state index contributed by atoms with van der Waals surface area (Å²) in [4.78, 5) is 0. The van der Waals surface area contributed by atoms with Gasteiger partial charge in [0, 0.05) is 29.9 Å². The Bertz CT molecular complexity index is 402. The van der Waals surface area contributed by atoms with E-state index in [9.17, 15) is 5.11 Å². The first-order valence-electron chi connectivity index (χ1n) is 5.89. The molecule has 0 radical (unpaired) electrons. The Morgan fingerprint density at radius 2 is 2.28 bits per heavy atom. The van der Waals surface area contributed by atoms with Gasteiger partial charge < -0.3 is 19.9 Å². The van der Waals surface area contributed by atoms with Crippen LogP contribution in [0, 0.1) is 5.41 Å². The van der Waals surface area contributed by atoms with Crippen LogP contribution in [0.5, 0.6) is 0 Å². The van der Waals surface area contributed by atoms with Crippen molar-refractivity contribution in [3.05, 3.63) is 28.8 Å². The number of hydrogen-bond acceptors (Lipinski definition) is 4. The van der Waals surface area contributed by atoms with Crippen molar-refractivity contribution in [2.45, 2.75) is 6.61 Å². The molecular formula is C13H18ClNO3. The SMILES string of the molecule is COCc1c(Cl)cccc1NCC1(CO)COC1. The lowest BCUT2D eigenvalue weighted by Gasteiger charge is -2.40.